The highest BCUT2D eigenvalue weighted by molar-refractivity contribution is 7.89. The van der Waals surface area contributed by atoms with Crippen molar-refractivity contribution in [2.75, 3.05) is 13.1 Å². The highest BCUT2D eigenvalue weighted by Crippen LogP contribution is 2.23. The summed E-state index contributed by atoms with van der Waals surface area (Å²) in [5.41, 5.74) is 0.00359. The van der Waals surface area contributed by atoms with Crippen LogP contribution in [0.4, 0.5) is 5.69 Å². The molecule has 0 saturated carbocycles. The first kappa shape index (κ1) is 22.7. The van der Waals surface area contributed by atoms with Gasteiger partial charge in [0.05, 0.1) is 16.3 Å². The zero-order chi connectivity index (χ0) is 23.6. The van der Waals surface area contributed by atoms with E-state index in [1.54, 1.807) is 24.3 Å². The zero-order valence-electron chi connectivity index (χ0n) is 18.1. The van der Waals surface area contributed by atoms with E-state index in [0.29, 0.717) is 24.5 Å². The van der Waals surface area contributed by atoms with E-state index in [9.17, 15) is 23.1 Å². The van der Waals surface area contributed by atoms with Crippen LogP contribution in [-0.4, -0.2) is 46.7 Å². The SMILES string of the molecule is Cc1ccc(-n2c(O)c(C=Nc3ccc(S(=O)(=O)N4CCCCC4)cc3)c(=O)[nH]c2=O)cc1. The molecule has 4 rings (SSSR count). The molecule has 0 bridgehead atoms. The third-order valence-electron chi connectivity index (χ3n) is 5.55. The minimum absolute atomic E-state index is 0.178. The highest BCUT2D eigenvalue weighted by atomic mass is 32.2. The van der Waals surface area contributed by atoms with Crippen molar-refractivity contribution in [2.45, 2.75) is 31.1 Å². The van der Waals surface area contributed by atoms with Crippen LogP contribution in [0.5, 0.6) is 5.88 Å². The Labute approximate surface area is 190 Å². The molecule has 33 heavy (non-hydrogen) atoms. The van der Waals surface area contributed by atoms with Gasteiger partial charge in [-0.3, -0.25) is 14.8 Å². The molecule has 1 saturated heterocycles. The molecule has 1 aromatic heterocycles. The lowest BCUT2D eigenvalue weighted by atomic mass is 10.2. The minimum atomic E-state index is -3.56. The van der Waals surface area contributed by atoms with E-state index in [0.717, 1.165) is 35.6 Å². The van der Waals surface area contributed by atoms with Gasteiger partial charge in [-0.1, -0.05) is 24.1 Å². The molecule has 2 aromatic carbocycles. The zero-order valence-corrected chi connectivity index (χ0v) is 18.9. The van der Waals surface area contributed by atoms with E-state index in [-0.39, 0.29) is 10.5 Å². The summed E-state index contributed by atoms with van der Waals surface area (Å²) in [6.07, 6.45) is 3.88. The molecule has 2 N–H and O–H groups in total. The second-order valence-corrected chi connectivity index (χ2v) is 9.82. The van der Waals surface area contributed by atoms with Gasteiger partial charge in [0.15, 0.2) is 0 Å². The second-order valence-electron chi connectivity index (χ2n) is 7.88. The predicted octanol–water partition coefficient (Wildman–Crippen LogP) is 2.47. The molecule has 0 unspecified atom stereocenters. The molecular weight excluding hydrogens is 444 g/mol. The van der Waals surface area contributed by atoms with Crippen molar-refractivity contribution >= 4 is 21.9 Å². The fourth-order valence-corrected chi connectivity index (χ4v) is 5.20. The summed E-state index contributed by atoms with van der Waals surface area (Å²) in [4.78, 5) is 31.1. The van der Waals surface area contributed by atoms with Gasteiger partial charge in [0.25, 0.3) is 5.56 Å². The van der Waals surface area contributed by atoms with Gasteiger partial charge in [0, 0.05) is 19.3 Å². The van der Waals surface area contributed by atoms with Gasteiger partial charge < -0.3 is 5.11 Å². The normalized spacial score (nSPS) is 15.2. The Morgan fingerprint density at radius 3 is 2.24 bits per heavy atom. The molecule has 3 aromatic rings. The Kier molecular flexibility index (Phi) is 6.30. The second kappa shape index (κ2) is 9.16. The van der Waals surface area contributed by atoms with Crippen LogP contribution in [0, 0.1) is 6.92 Å². The van der Waals surface area contributed by atoms with Crippen LogP contribution in [0.2, 0.25) is 0 Å². The number of nitrogens with zero attached hydrogens (tertiary/aromatic N) is 3. The Balaban J connectivity index is 1.63. The lowest BCUT2D eigenvalue weighted by Gasteiger charge is -2.25. The number of nitrogens with one attached hydrogen (secondary N) is 1. The molecule has 0 aliphatic carbocycles. The maximum absolute atomic E-state index is 12.8. The van der Waals surface area contributed by atoms with Gasteiger partial charge in [-0.25, -0.2) is 17.8 Å². The average molecular weight is 469 g/mol. The number of piperidine rings is 1. The average Bonchev–Trinajstić information content (AvgIpc) is 2.81. The van der Waals surface area contributed by atoms with Crippen molar-refractivity contribution in [3.63, 3.8) is 0 Å². The molecular formula is C23H24N4O5S. The molecule has 9 nitrogen and oxygen atoms in total. The monoisotopic (exact) mass is 468 g/mol. The Morgan fingerprint density at radius 2 is 1.61 bits per heavy atom. The van der Waals surface area contributed by atoms with Crippen LogP contribution in [0.15, 0.2) is 68.0 Å². The van der Waals surface area contributed by atoms with Crippen LogP contribution in [0.1, 0.15) is 30.4 Å². The molecule has 2 heterocycles. The Bertz CT molecular complexity index is 1400. The number of hydrogen-bond acceptors (Lipinski definition) is 6. The maximum Gasteiger partial charge on any atom is 0.335 e. The van der Waals surface area contributed by atoms with Gasteiger partial charge in [-0.2, -0.15) is 4.31 Å². The van der Waals surface area contributed by atoms with Gasteiger partial charge in [-0.05, 0) is 56.2 Å². The number of benzene rings is 2. The number of aryl methyl sites for hydroxylation is 1. The van der Waals surface area contributed by atoms with Crippen LogP contribution < -0.4 is 11.2 Å². The van der Waals surface area contributed by atoms with Crippen molar-refractivity contribution in [3.8, 4) is 11.6 Å². The van der Waals surface area contributed by atoms with E-state index >= 15 is 0 Å². The topological polar surface area (TPSA) is 125 Å². The van der Waals surface area contributed by atoms with E-state index in [1.807, 2.05) is 6.92 Å². The van der Waals surface area contributed by atoms with Crippen molar-refractivity contribution < 1.29 is 13.5 Å². The number of hydrogen-bond donors (Lipinski definition) is 2. The van der Waals surface area contributed by atoms with Gasteiger partial charge >= 0.3 is 5.69 Å². The summed E-state index contributed by atoms with van der Waals surface area (Å²) in [7, 11) is -3.56. The first-order valence-electron chi connectivity index (χ1n) is 10.6. The molecule has 1 aliphatic heterocycles. The van der Waals surface area contributed by atoms with Gasteiger partial charge in [-0.15, -0.1) is 0 Å². The first-order valence-corrected chi connectivity index (χ1v) is 12.0. The van der Waals surface area contributed by atoms with Crippen molar-refractivity contribution in [1.29, 1.82) is 0 Å². The summed E-state index contributed by atoms with van der Waals surface area (Å²) in [6.45, 7) is 2.92. The predicted molar refractivity (Wildman–Crippen MR) is 125 cm³/mol. The number of H-pyrrole nitrogens is 1. The van der Waals surface area contributed by atoms with Crippen LogP contribution in [0.3, 0.4) is 0 Å². The standard InChI is InChI=1S/C23H24N4O5S/c1-16-5-9-18(10-6-16)27-22(29)20(21(28)25-23(27)30)15-24-17-7-11-19(12-8-17)33(31,32)26-13-3-2-4-14-26/h5-12,15,29H,2-4,13-14H2,1H3,(H,25,28,30). The lowest BCUT2D eigenvalue weighted by Crippen LogP contribution is -2.35. The fourth-order valence-electron chi connectivity index (χ4n) is 3.69. The fraction of sp³-hybridized carbons (Fsp3) is 0.261. The molecule has 0 spiro atoms. The number of aromatic hydroxyl groups is 1. The number of rotatable bonds is 5. The largest absolute Gasteiger partial charge is 0.493 e. The smallest absolute Gasteiger partial charge is 0.335 e. The third-order valence-corrected chi connectivity index (χ3v) is 7.46. The number of sulfonamides is 1. The first-order chi connectivity index (χ1) is 15.8. The van der Waals surface area contributed by atoms with Crippen molar-refractivity contribution in [3.05, 3.63) is 80.5 Å². The number of aliphatic imine (C=N–C) groups is 1. The van der Waals surface area contributed by atoms with E-state index in [2.05, 4.69) is 9.98 Å². The molecule has 1 aliphatic rings. The van der Waals surface area contributed by atoms with Crippen LogP contribution in [0.25, 0.3) is 5.69 Å². The summed E-state index contributed by atoms with van der Waals surface area (Å²) in [5.74, 6) is -0.541. The lowest BCUT2D eigenvalue weighted by molar-refractivity contribution is 0.346. The third kappa shape index (κ3) is 4.67. The summed E-state index contributed by atoms with van der Waals surface area (Å²) in [6, 6.07) is 12.8. The number of aromatic amines is 1. The Morgan fingerprint density at radius 1 is 0.970 bits per heavy atom. The molecule has 10 heteroatoms. The molecule has 1 fully saturated rings. The quantitative estimate of drug-likeness (QED) is 0.557. The van der Waals surface area contributed by atoms with Gasteiger partial charge in [0.2, 0.25) is 15.9 Å². The van der Waals surface area contributed by atoms with Gasteiger partial charge in [0.1, 0.15) is 5.56 Å². The summed E-state index contributed by atoms with van der Waals surface area (Å²) < 4.78 is 28.0. The maximum atomic E-state index is 12.8. The minimum Gasteiger partial charge on any atom is -0.493 e. The molecule has 0 amide bonds. The van der Waals surface area contributed by atoms with E-state index < -0.39 is 27.2 Å². The summed E-state index contributed by atoms with van der Waals surface area (Å²) in [5, 5.41) is 10.6. The van der Waals surface area contributed by atoms with Crippen molar-refractivity contribution in [2.24, 2.45) is 4.99 Å². The van der Waals surface area contributed by atoms with Crippen LogP contribution in [-0.2, 0) is 10.0 Å². The number of aromatic nitrogens is 2. The van der Waals surface area contributed by atoms with E-state index in [1.165, 1.54) is 28.6 Å². The molecule has 0 radical (unpaired) electrons. The highest BCUT2D eigenvalue weighted by Gasteiger charge is 2.25. The van der Waals surface area contributed by atoms with Crippen molar-refractivity contribution in [1.82, 2.24) is 13.9 Å². The Hall–Kier alpha value is -3.50. The summed E-state index contributed by atoms with van der Waals surface area (Å²) >= 11 is 0. The van der Waals surface area contributed by atoms with Crippen LogP contribution >= 0.6 is 0 Å². The molecule has 0 atom stereocenters. The molecule has 172 valence electrons. The van der Waals surface area contributed by atoms with E-state index in [4.69, 9.17) is 0 Å².